The smallest absolute Gasteiger partial charge is 0.207 e. The third kappa shape index (κ3) is 2.99. The molecule has 0 atom stereocenters. The van der Waals surface area contributed by atoms with E-state index in [-0.39, 0.29) is 0 Å². The molecule has 4 heteroatoms. The van der Waals surface area contributed by atoms with Gasteiger partial charge in [0, 0.05) is 19.3 Å². The van der Waals surface area contributed by atoms with Crippen LogP contribution in [0.25, 0.3) is 0 Å². The number of benzene rings is 1. The van der Waals surface area contributed by atoms with Gasteiger partial charge in [0.25, 0.3) is 0 Å². The highest BCUT2D eigenvalue weighted by atomic mass is 32.1. The fourth-order valence-corrected chi connectivity index (χ4v) is 1.12. The summed E-state index contributed by atoms with van der Waals surface area (Å²) in [4.78, 5) is 10.0. The van der Waals surface area contributed by atoms with E-state index in [1.165, 1.54) is 0 Å². The maximum absolute atomic E-state index is 10.0. The summed E-state index contributed by atoms with van der Waals surface area (Å²) in [6.45, 7) is 0.570. The number of carbonyl (C=O) groups is 1. The monoisotopic (exact) mass is 196 g/mol. The standard InChI is InChI=1S/C9H12N2OS/c1-11(13)9-4-2-8(3-5-9)6-10-7-12/h2-5,7,13H,6H2,1H3,(H,10,12). The Kier molecular flexibility index (Phi) is 3.64. The summed E-state index contributed by atoms with van der Waals surface area (Å²) in [5.74, 6) is 0. The third-order valence-corrected chi connectivity index (χ3v) is 1.93. The first-order valence-corrected chi connectivity index (χ1v) is 4.32. The molecule has 1 rings (SSSR count). The topological polar surface area (TPSA) is 32.3 Å². The van der Waals surface area contributed by atoms with Gasteiger partial charge in [-0.3, -0.25) is 4.79 Å². The number of nitrogens with zero attached hydrogens (tertiary/aromatic N) is 1. The quantitative estimate of drug-likeness (QED) is 0.560. The molecule has 0 unspecified atom stereocenters. The van der Waals surface area contributed by atoms with Gasteiger partial charge in [-0.25, -0.2) is 0 Å². The van der Waals surface area contributed by atoms with Gasteiger partial charge in [-0.15, -0.1) is 0 Å². The van der Waals surface area contributed by atoms with E-state index in [0.29, 0.717) is 13.0 Å². The van der Waals surface area contributed by atoms with Gasteiger partial charge in [-0.05, 0) is 17.7 Å². The lowest BCUT2D eigenvalue weighted by molar-refractivity contribution is -0.109. The van der Waals surface area contributed by atoms with Gasteiger partial charge in [0.1, 0.15) is 0 Å². The van der Waals surface area contributed by atoms with Gasteiger partial charge in [0.15, 0.2) is 0 Å². The van der Waals surface area contributed by atoms with Crippen molar-refractivity contribution in [2.45, 2.75) is 6.54 Å². The predicted molar refractivity (Wildman–Crippen MR) is 56.7 cm³/mol. The van der Waals surface area contributed by atoms with E-state index >= 15 is 0 Å². The zero-order valence-corrected chi connectivity index (χ0v) is 8.29. The highest BCUT2D eigenvalue weighted by molar-refractivity contribution is 7.81. The number of rotatable bonds is 4. The molecule has 1 aromatic carbocycles. The molecule has 1 amide bonds. The fraction of sp³-hybridized carbons (Fsp3) is 0.222. The molecule has 0 aromatic heterocycles. The molecular formula is C9H12N2OS. The summed E-state index contributed by atoms with van der Waals surface area (Å²) in [7, 11) is 1.86. The molecule has 0 saturated heterocycles. The molecular weight excluding hydrogens is 184 g/mol. The molecule has 0 aliphatic carbocycles. The first-order chi connectivity index (χ1) is 6.24. The molecule has 0 heterocycles. The summed E-state index contributed by atoms with van der Waals surface area (Å²) < 4.78 is 1.73. The first-order valence-electron chi connectivity index (χ1n) is 3.92. The van der Waals surface area contributed by atoms with Gasteiger partial charge < -0.3 is 9.62 Å². The van der Waals surface area contributed by atoms with E-state index in [1.807, 2.05) is 31.3 Å². The van der Waals surface area contributed by atoms with Crippen molar-refractivity contribution in [3.8, 4) is 0 Å². The first kappa shape index (κ1) is 9.92. The van der Waals surface area contributed by atoms with Crippen molar-refractivity contribution in [3.63, 3.8) is 0 Å². The van der Waals surface area contributed by atoms with Gasteiger partial charge in [-0.2, -0.15) is 0 Å². The molecule has 0 saturated carbocycles. The van der Waals surface area contributed by atoms with E-state index in [9.17, 15) is 4.79 Å². The Morgan fingerprint density at radius 3 is 2.54 bits per heavy atom. The number of amides is 1. The van der Waals surface area contributed by atoms with Crippen LogP contribution in [0.1, 0.15) is 5.56 Å². The number of thiol groups is 1. The lowest BCUT2D eigenvalue weighted by Crippen LogP contribution is -2.09. The zero-order valence-electron chi connectivity index (χ0n) is 7.40. The molecule has 0 aliphatic rings. The number of anilines is 1. The molecule has 70 valence electrons. The van der Waals surface area contributed by atoms with E-state index < -0.39 is 0 Å². The Morgan fingerprint density at radius 2 is 2.08 bits per heavy atom. The minimum Gasteiger partial charge on any atom is -0.355 e. The lowest BCUT2D eigenvalue weighted by Gasteiger charge is -2.10. The summed E-state index contributed by atoms with van der Waals surface area (Å²) in [6.07, 6.45) is 0.693. The van der Waals surface area contributed by atoms with Crippen LogP contribution in [0.2, 0.25) is 0 Å². The van der Waals surface area contributed by atoms with Gasteiger partial charge >= 0.3 is 0 Å². The Hall–Kier alpha value is -1.16. The zero-order chi connectivity index (χ0) is 9.68. The summed E-state index contributed by atoms with van der Waals surface area (Å²) in [6, 6.07) is 7.82. The van der Waals surface area contributed by atoms with Crippen LogP contribution in [-0.4, -0.2) is 13.5 Å². The second kappa shape index (κ2) is 4.77. The Morgan fingerprint density at radius 1 is 1.46 bits per heavy atom. The fourth-order valence-electron chi connectivity index (χ4n) is 0.989. The van der Waals surface area contributed by atoms with Crippen molar-refractivity contribution < 1.29 is 4.79 Å². The highest BCUT2D eigenvalue weighted by Gasteiger charge is 1.95. The Balaban J connectivity index is 2.64. The summed E-state index contributed by atoms with van der Waals surface area (Å²) in [5.41, 5.74) is 2.10. The molecule has 0 fully saturated rings. The van der Waals surface area contributed by atoms with Crippen molar-refractivity contribution in [3.05, 3.63) is 29.8 Å². The number of carbonyl (C=O) groups excluding carboxylic acids is 1. The van der Waals surface area contributed by atoms with E-state index in [0.717, 1.165) is 11.3 Å². The minimum absolute atomic E-state index is 0.570. The molecule has 0 aliphatic heterocycles. The summed E-state index contributed by atoms with van der Waals surface area (Å²) in [5, 5.41) is 2.60. The van der Waals surface area contributed by atoms with Crippen molar-refractivity contribution >= 4 is 24.9 Å². The molecule has 1 N–H and O–H groups in total. The Bertz CT molecular complexity index is 271. The average Bonchev–Trinajstić information content (AvgIpc) is 2.15. The van der Waals surface area contributed by atoms with Crippen LogP contribution in [0.3, 0.4) is 0 Å². The molecule has 0 radical (unpaired) electrons. The van der Waals surface area contributed by atoms with E-state index in [4.69, 9.17) is 0 Å². The van der Waals surface area contributed by atoms with Crippen molar-refractivity contribution in [1.82, 2.24) is 5.32 Å². The number of nitrogens with one attached hydrogen (secondary N) is 1. The maximum Gasteiger partial charge on any atom is 0.207 e. The maximum atomic E-state index is 10.0. The molecule has 13 heavy (non-hydrogen) atoms. The minimum atomic E-state index is 0.570. The molecule has 0 bridgehead atoms. The molecule has 1 aromatic rings. The predicted octanol–water partition coefficient (Wildman–Crippen LogP) is 1.21. The second-order valence-electron chi connectivity index (χ2n) is 2.69. The van der Waals surface area contributed by atoms with Crippen LogP contribution in [-0.2, 0) is 11.3 Å². The van der Waals surface area contributed by atoms with Gasteiger partial charge in [0.05, 0.1) is 0 Å². The SMILES string of the molecule is CN(S)c1ccc(CNC=O)cc1. The number of hydrogen-bond donors (Lipinski definition) is 2. The van der Waals surface area contributed by atoms with E-state index in [2.05, 4.69) is 18.1 Å². The largest absolute Gasteiger partial charge is 0.355 e. The molecule has 3 nitrogen and oxygen atoms in total. The third-order valence-electron chi connectivity index (χ3n) is 1.70. The van der Waals surface area contributed by atoms with Crippen LogP contribution in [0.5, 0.6) is 0 Å². The average molecular weight is 196 g/mol. The normalized spacial score (nSPS) is 9.38. The van der Waals surface area contributed by atoms with Crippen molar-refractivity contribution in [2.24, 2.45) is 0 Å². The van der Waals surface area contributed by atoms with Crippen LogP contribution < -0.4 is 9.62 Å². The highest BCUT2D eigenvalue weighted by Crippen LogP contribution is 2.14. The van der Waals surface area contributed by atoms with Crippen LogP contribution in [0.4, 0.5) is 5.69 Å². The number of hydrogen-bond acceptors (Lipinski definition) is 3. The lowest BCUT2D eigenvalue weighted by atomic mass is 10.2. The van der Waals surface area contributed by atoms with E-state index in [1.54, 1.807) is 4.31 Å². The summed E-state index contributed by atoms with van der Waals surface area (Å²) >= 11 is 4.15. The van der Waals surface area contributed by atoms with Gasteiger partial charge in [0.2, 0.25) is 6.41 Å². The van der Waals surface area contributed by atoms with Crippen molar-refractivity contribution in [1.29, 1.82) is 0 Å². The van der Waals surface area contributed by atoms with Crippen LogP contribution in [0.15, 0.2) is 24.3 Å². The second-order valence-corrected chi connectivity index (χ2v) is 3.29. The van der Waals surface area contributed by atoms with Crippen LogP contribution in [0, 0.1) is 0 Å². The molecule has 0 spiro atoms. The van der Waals surface area contributed by atoms with Gasteiger partial charge in [-0.1, -0.05) is 24.9 Å². The van der Waals surface area contributed by atoms with Crippen molar-refractivity contribution in [2.75, 3.05) is 11.4 Å². The van der Waals surface area contributed by atoms with Crippen LogP contribution >= 0.6 is 12.8 Å². The Labute approximate surface area is 83.3 Å².